The molecule has 36 heavy (non-hydrogen) atoms. The fourth-order valence-corrected chi connectivity index (χ4v) is 3.85. The number of hydrogen-bond donors (Lipinski definition) is 0. The number of carbonyl (C=O) groups is 1. The molecule has 0 aliphatic carbocycles. The predicted octanol–water partition coefficient (Wildman–Crippen LogP) is 6.11. The van der Waals surface area contributed by atoms with Crippen LogP contribution in [0.3, 0.4) is 0 Å². The summed E-state index contributed by atoms with van der Waals surface area (Å²) in [4.78, 5) is 14.8. The fourth-order valence-electron chi connectivity index (χ4n) is 3.72. The van der Waals surface area contributed by atoms with Gasteiger partial charge in [0.2, 0.25) is 5.91 Å². The summed E-state index contributed by atoms with van der Waals surface area (Å²) >= 11 is 5.94. The molecule has 1 amide bonds. The molecule has 0 saturated carbocycles. The van der Waals surface area contributed by atoms with Crippen LogP contribution < -0.4 is 14.2 Å². The molecule has 0 bridgehead atoms. The molecule has 7 heteroatoms. The van der Waals surface area contributed by atoms with Gasteiger partial charge in [0.05, 0.1) is 27.4 Å². The lowest BCUT2D eigenvalue weighted by Crippen LogP contribution is -2.39. The summed E-state index contributed by atoms with van der Waals surface area (Å²) in [6, 6.07) is 20.5. The lowest BCUT2D eigenvalue weighted by atomic mass is 10.0. The van der Waals surface area contributed by atoms with Gasteiger partial charge in [-0.3, -0.25) is 4.79 Å². The number of ether oxygens (including phenoxy) is 4. The van der Waals surface area contributed by atoms with Crippen LogP contribution in [0, 0.1) is 0 Å². The molecule has 1 aliphatic rings. The van der Waals surface area contributed by atoms with Gasteiger partial charge in [-0.05, 0) is 65.2 Å². The summed E-state index contributed by atoms with van der Waals surface area (Å²) in [5.41, 5.74) is 2.56. The van der Waals surface area contributed by atoms with Gasteiger partial charge in [0.25, 0.3) is 0 Å². The van der Waals surface area contributed by atoms with Crippen molar-refractivity contribution in [1.29, 1.82) is 0 Å². The minimum absolute atomic E-state index is 0.0561. The quantitative estimate of drug-likeness (QED) is 0.273. The molecular formula is C29H28ClNO5. The van der Waals surface area contributed by atoms with Crippen molar-refractivity contribution in [3.63, 3.8) is 0 Å². The van der Waals surface area contributed by atoms with Crippen LogP contribution in [-0.4, -0.2) is 51.3 Å². The van der Waals surface area contributed by atoms with E-state index in [-0.39, 0.29) is 5.91 Å². The van der Waals surface area contributed by atoms with Crippen LogP contribution in [0.15, 0.2) is 78.9 Å². The molecular weight excluding hydrogens is 478 g/mol. The van der Waals surface area contributed by atoms with Crippen molar-refractivity contribution in [3.05, 3.63) is 95.0 Å². The lowest BCUT2D eigenvalue weighted by molar-refractivity contribution is -0.129. The Morgan fingerprint density at radius 2 is 1.53 bits per heavy atom. The predicted molar refractivity (Wildman–Crippen MR) is 142 cm³/mol. The molecule has 0 atom stereocenters. The summed E-state index contributed by atoms with van der Waals surface area (Å²) in [5, 5.41) is 0.660. The maximum atomic E-state index is 13.0. The van der Waals surface area contributed by atoms with Crippen LogP contribution >= 0.6 is 11.6 Å². The molecule has 0 unspecified atom stereocenters. The van der Waals surface area contributed by atoms with Crippen molar-refractivity contribution in [2.45, 2.75) is 0 Å². The van der Waals surface area contributed by atoms with Crippen molar-refractivity contribution >= 4 is 29.2 Å². The first-order valence-corrected chi connectivity index (χ1v) is 12.0. The van der Waals surface area contributed by atoms with E-state index in [1.54, 1.807) is 37.3 Å². The third kappa shape index (κ3) is 6.68. The first-order valence-electron chi connectivity index (χ1n) is 11.6. The number of allylic oxidation sites excluding steroid dienone is 2. The standard InChI is InChI=1S/C29H28ClNO5/c1-33-27-14-7-22(19-28(27)34-2)23(20-29(32)31-15-17-35-18-16-31)6-3-21-4-10-25(11-5-21)36-26-12-8-24(30)9-13-26/h3-14,19-20H,15-18H2,1-2H3. The second kappa shape index (κ2) is 12.3. The van der Waals surface area contributed by atoms with E-state index in [0.717, 1.165) is 16.7 Å². The Labute approximate surface area is 216 Å². The number of amides is 1. The topological polar surface area (TPSA) is 57.2 Å². The maximum Gasteiger partial charge on any atom is 0.247 e. The Balaban J connectivity index is 1.57. The molecule has 0 radical (unpaired) electrons. The highest BCUT2D eigenvalue weighted by molar-refractivity contribution is 6.30. The van der Waals surface area contributed by atoms with Gasteiger partial charge in [0.1, 0.15) is 11.5 Å². The van der Waals surface area contributed by atoms with Gasteiger partial charge in [-0.2, -0.15) is 0 Å². The largest absolute Gasteiger partial charge is 0.493 e. The molecule has 1 saturated heterocycles. The van der Waals surface area contributed by atoms with E-state index >= 15 is 0 Å². The number of carbonyl (C=O) groups excluding carboxylic acids is 1. The van der Waals surface area contributed by atoms with Crippen LogP contribution in [0.2, 0.25) is 5.02 Å². The zero-order valence-corrected chi connectivity index (χ0v) is 21.0. The Morgan fingerprint density at radius 3 is 2.17 bits per heavy atom. The van der Waals surface area contributed by atoms with Crippen molar-refractivity contribution in [1.82, 2.24) is 4.90 Å². The van der Waals surface area contributed by atoms with Crippen molar-refractivity contribution in [2.75, 3.05) is 40.5 Å². The van der Waals surface area contributed by atoms with Crippen LogP contribution in [-0.2, 0) is 9.53 Å². The summed E-state index contributed by atoms with van der Waals surface area (Å²) in [6.07, 6.45) is 5.54. The number of halogens is 1. The number of nitrogens with zero attached hydrogens (tertiary/aromatic N) is 1. The number of methoxy groups -OCH3 is 2. The molecule has 186 valence electrons. The summed E-state index contributed by atoms with van der Waals surface area (Å²) < 4.78 is 22.1. The highest BCUT2D eigenvalue weighted by Gasteiger charge is 2.16. The first kappa shape index (κ1) is 25.4. The molecule has 1 aliphatic heterocycles. The second-order valence-corrected chi connectivity index (χ2v) is 8.50. The SMILES string of the molecule is COc1ccc(C(C=Cc2ccc(Oc3ccc(Cl)cc3)cc2)=CC(=O)N2CCOCC2)cc1OC. The molecule has 3 aromatic rings. The fraction of sp³-hybridized carbons (Fsp3) is 0.207. The zero-order valence-electron chi connectivity index (χ0n) is 20.3. The van der Waals surface area contributed by atoms with E-state index in [2.05, 4.69) is 0 Å². The molecule has 0 N–H and O–H groups in total. The summed E-state index contributed by atoms with van der Waals surface area (Å²) in [5.74, 6) is 2.59. The first-order chi connectivity index (χ1) is 17.6. The molecule has 3 aromatic carbocycles. The number of rotatable bonds is 8. The third-order valence-electron chi connectivity index (χ3n) is 5.70. The minimum atomic E-state index is -0.0561. The third-order valence-corrected chi connectivity index (χ3v) is 5.96. The molecule has 1 heterocycles. The van der Waals surface area contributed by atoms with E-state index in [4.69, 9.17) is 30.5 Å². The van der Waals surface area contributed by atoms with E-state index in [9.17, 15) is 4.79 Å². The van der Waals surface area contributed by atoms with Crippen LogP contribution in [0.1, 0.15) is 11.1 Å². The van der Waals surface area contributed by atoms with Crippen molar-refractivity contribution < 1.29 is 23.7 Å². The van der Waals surface area contributed by atoms with E-state index in [1.807, 2.05) is 66.7 Å². The molecule has 1 fully saturated rings. The van der Waals surface area contributed by atoms with Crippen molar-refractivity contribution in [3.8, 4) is 23.0 Å². The van der Waals surface area contributed by atoms with E-state index < -0.39 is 0 Å². The monoisotopic (exact) mass is 505 g/mol. The molecule has 6 nitrogen and oxygen atoms in total. The minimum Gasteiger partial charge on any atom is -0.493 e. The number of hydrogen-bond acceptors (Lipinski definition) is 5. The van der Waals surface area contributed by atoms with Crippen LogP contribution in [0.4, 0.5) is 0 Å². The number of morpholine rings is 1. The van der Waals surface area contributed by atoms with Gasteiger partial charge in [0, 0.05) is 24.2 Å². The van der Waals surface area contributed by atoms with Gasteiger partial charge in [-0.25, -0.2) is 0 Å². The van der Waals surface area contributed by atoms with Gasteiger partial charge in [-0.15, -0.1) is 0 Å². The second-order valence-electron chi connectivity index (χ2n) is 8.07. The molecule has 0 aromatic heterocycles. The zero-order chi connectivity index (χ0) is 25.3. The highest BCUT2D eigenvalue weighted by Crippen LogP contribution is 2.31. The number of benzene rings is 3. The maximum absolute atomic E-state index is 13.0. The van der Waals surface area contributed by atoms with Crippen LogP contribution in [0.5, 0.6) is 23.0 Å². The Kier molecular flexibility index (Phi) is 8.66. The van der Waals surface area contributed by atoms with Gasteiger partial charge >= 0.3 is 0 Å². The van der Waals surface area contributed by atoms with Gasteiger partial charge in [0.15, 0.2) is 11.5 Å². The highest BCUT2D eigenvalue weighted by atomic mass is 35.5. The van der Waals surface area contributed by atoms with E-state index in [0.29, 0.717) is 54.3 Å². The van der Waals surface area contributed by atoms with E-state index in [1.165, 1.54) is 0 Å². The smallest absolute Gasteiger partial charge is 0.247 e. The Bertz CT molecular complexity index is 1230. The Hall–Kier alpha value is -3.74. The van der Waals surface area contributed by atoms with Gasteiger partial charge < -0.3 is 23.8 Å². The Morgan fingerprint density at radius 1 is 0.889 bits per heavy atom. The van der Waals surface area contributed by atoms with Gasteiger partial charge in [-0.1, -0.05) is 42.0 Å². The summed E-state index contributed by atoms with van der Waals surface area (Å²) in [7, 11) is 3.18. The average Bonchev–Trinajstić information content (AvgIpc) is 2.93. The molecule has 0 spiro atoms. The van der Waals surface area contributed by atoms with Crippen LogP contribution in [0.25, 0.3) is 11.6 Å². The lowest BCUT2D eigenvalue weighted by Gasteiger charge is -2.26. The average molecular weight is 506 g/mol. The van der Waals surface area contributed by atoms with Crippen molar-refractivity contribution in [2.24, 2.45) is 0 Å². The normalized spacial score (nSPS) is 14.1. The molecule has 4 rings (SSSR count). The summed E-state index contributed by atoms with van der Waals surface area (Å²) in [6.45, 7) is 2.25.